The van der Waals surface area contributed by atoms with Gasteiger partial charge in [0.25, 0.3) is 0 Å². The van der Waals surface area contributed by atoms with Crippen molar-refractivity contribution >= 4 is 0 Å². The van der Waals surface area contributed by atoms with Crippen LogP contribution in [-0.4, -0.2) is 12.7 Å². The van der Waals surface area contributed by atoms with Crippen LogP contribution >= 0.6 is 0 Å². The maximum absolute atomic E-state index is 15.1. The SMILES string of the molecule is CCCC1CCC(c2c(OC(F)F)cc(C#Cc3ccc(OC(F)(F)CC)c(F)c3F)c(F)c2F)CC1. The molecule has 37 heavy (non-hydrogen) atoms. The molecule has 0 N–H and O–H groups in total. The predicted octanol–water partition coefficient (Wildman–Crippen LogP) is 8.70. The van der Waals surface area contributed by atoms with Crippen molar-refractivity contribution in [2.75, 3.05) is 0 Å². The average molecular weight is 534 g/mol. The first-order chi connectivity index (χ1) is 17.5. The van der Waals surface area contributed by atoms with Crippen molar-refractivity contribution < 1.29 is 44.6 Å². The fourth-order valence-electron chi connectivity index (χ4n) is 4.50. The van der Waals surface area contributed by atoms with Crippen LogP contribution in [0.4, 0.5) is 35.1 Å². The third-order valence-electron chi connectivity index (χ3n) is 6.42. The normalized spacial score (nSPS) is 17.9. The van der Waals surface area contributed by atoms with Gasteiger partial charge in [0.15, 0.2) is 23.2 Å². The summed E-state index contributed by atoms with van der Waals surface area (Å²) in [7, 11) is 0. The Morgan fingerprint density at radius 1 is 0.865 bits per heavy atom. The van der Waals surface area contributed by atoms with Crippen LogP contribution in [0.15, 0.2) is 18.2 Å². The van der Waals surface area contributed by atoms with Crippen LogP contribution in [0.5, 0.6) is 11.5 Å². The Hall–Kier alpha value is -2.96. The molecule has 0 saturated heterocycles. The van der Waals surface area contributed by atoms with E-state index in [1.165, 1.54) is 0 Å². The third kappa shape index (κ3) is 6.88. The minimum absolute atomic E-state index is 0.297. The fraction of sp³-hybridized carbons (Fsp3) is 0.481. The highest BCUT2D eigenvalue weighted by Crippen LogP contribution is 2.43. The molecule has 1 aliphatic carbocycles. The van der Waals surface area contributed by atoms with E-state index in [2.05, 4.69) is 21.3 Å². The minimum atomic E-state index is -3.74. The lowest BCUT2D eigenvalue weighted by Gasteiger charge is -2.30. The average Bonchev–Trinajstić information content (AvgIpc) is 2.85. The smallest absolute Gasteiger partial charge is 0.397 e. The molecule has 0 atom stereocenters. The van der Waals surface area contributed by atoms with Gasteiger partial charge in [0.2, 0.25) is 5.82 Å². The molecular weight excluding hydrogens is 508 g/mol. The van der Waals surface area contributed by atoms with Crippen molar-refractivity contribution in [3.05, 3.63) is 58.2 Å². The Morgan fingerprint density at radius 2 is 1.49 bits per heavy atom. The first-order valence-corrected chi connectivity index (χ1v) is 12.0. The summed E-state index contributed by atoms with van der Waals surface area (Å²) >= 11 is 0. The molecule has 3 rings (SSSR count). The van der Waals surface area contributed by atoms with Gasteiger partial charge < -0.3 is 9.47 Å². The first-order valence-electron chi connectivity index (χ1n) is 12.0. The topological polar surface area (TPSA) is 18.5 Å². The molecule has 2 nitrogen and oxygen atoms in total. The van der Waals surface area contributed by atoms with Gasteiger partial charge in [-0.3, -0.25) is 0 Å². The summed E-state index contributed by atoms with van der Waals surface area (Å²) in [5.41, 5.74) is -1.68. The lowest BCUT2D eigenvalue weighted by molar-refractivity contribution is -0.178. The fourth-order valence-corrected chi connectivity index (χ4v) is 4.50. The van der Waals surface area contributed by atoms with E-state index < -0.39 is 71.0 Å². The van der Waals surface area contributed by atoms with E-state index in [0.29, 0.717) is 24.8 Å². The Kier molecular flexibility index (Phi) is 9.32. The van der Waals surface area contributed by atoms with Crippen LogP contribution in [0.1, 0.15) is 81.4 Å². The van der Waals surface area contributed by atoms with E-state index in [9.17, 15) is 30.7 Å². The molecular formula is C27H26F8O2. The summed E-state index contributed by atoms with van der Waals surface area (Å²) in [5.74, 6) is -3.78. The molecule has 0 spiro atoms. The zero-order valence-corrected chi connectivity index (χ0v) is 20.3. The molecule has 0 amide bonds. The monoisotopic (exact) mass is 534 g/mol. The van der Waals surface area contributed by atoms with Gasteiger partial charge in [0, 0.05) is 12.0 Å². The summed E-state index contributed by atoms with van der Waals surface area (Å²) < 4.78 is 120. The van der Waals surface area contributed by atoms with Crippen LogP contribution in [0, 0.1) is 41.0 Å². The molecule has 0 heterocycles. The number of hydrogen-bond acceptors (Lipinski definition) is 2. The van der Waals surface area contributed by atoms with E-state index in [4.69, 9.17) is 0 Å². The zero-order valence-electron chi connectivity index (χ0n) is 20.3. The molecule has 1 fully saturated rings. The van der Waals surface area contributed by atoms with Crippen LogP contribution in [0.3, 0.4) is 0 Å². The molecule has 202 valence electrons. The standard InChI is InChI=1S/C27H26F8O2/c1-3-5-15-6-8-16(9-7-15)21-20(36-26(32)33)14-18(23(29)25(21)31)11-10-17-12-13-19(24(30)22(17)28)37-27(34,35)4-2/h12-16,26H,3-9H2,1-2H3. The van der Waals surface area contributed by atoms with Gasteiger partial charge in [-0.25, -0.2) is 13.2 Å². The maximum Gasteiger partial charge on any atom is 0.397 e. The van der Waals surface area contributed by atoms with E-state index in [-0.39, 0.29) is 5.56 Å². The summed E-state index contributed by atoms with van der Waals surface area (Å²) in [6.07, 6.45) is -0.128. The molecule has 0 aliphatic heterocycles. The number of hydrogen-bond donors (Lipinski definition) is 0. The van der Waals surface area contributed by atoms with E-state index in [1.54, 1.807) is 0 Å². The zero-order chi connectivity index (χ0) is 27.3. The molecule has 2 aromatic rings. The quantitative estimate of drug-likeness (QED) is 0.249. The number of halogens is 8. The Balaban J connectivity index is 1.95. The second-order valence-corrected chi connectivity index (χ2v) is 8.93. The van der Waals surface area contributed by atoms with Gasteiger partial charge >= 0.3 is 12.7 Å². The van der Waals surface area contributed by atoms with Gasteiger partial charge in [-0.1, -0.05) is 38.5 Å². The van der Waals surface area contributed by atoms with Crippen molar-refractivity contribution in [3.63, 3.8) is 0 Å². The predicted molar refractivity (Wildman–Crippen MR) is 121 cm³/mol. The number of rotatable bonds is 8. The van der Waals surface area contributed by atoms with Gasteiger partial charge in [-0.2, -0.15) is 22.0 Å². The van der Waals surface area contributed by atoms with Crippen molar-refractivity contribution in [3.8, 4) is 23.3 Å². The molecule has 0 bridgehead atoms. The van der Waals surface area contributed by atoms with Crippen molar-refractivity contribution in [2.24, 2.45) is 5.92 Å². The van der Waals surface area contributed by atoms with Gasteiger partial charge in [-0.15, -0.1) is 0 Å². The van der Waals surface area contributed by atoms with Gasteiger partial charge in [-0.05, 0) is 55.7 Å². The Morgan fingerprint density at radius 3 is 2.08 bits per heavy atom. The number of benzene rings is 2. The van der Waals surface area contributed by atoms with Gasteiger partial charge in [0.1, 0.15) is 5.75 Å². The van der Waals surface area contributed by atoms with E-state index in [0.717, 1.165) is 44.7 Å². The second-order valence-electron chi connectivity index (χ2n) is 8.93. The molecule has 1 aliphatic rings. The Labute approximate surface area is 210 Å². The number of ether oxygens (including phenoxy) is 2. The van der Waals surface area contributed by atoms with Crippen molar-refractivity contribution in [1.29, 1.82) is 0 Å². The van der Waals surface area contributed by atoms with Crippen LogP contribution < -0.4 is 9.47 Å². The largest absolute Gasteiger partial charge is 0.434 e. The van der Waals surface area contributed by atoms with Crippen molar-refractivity contribution in [2.45, 2.75) is 77.4 Å². The highest BCUT2D eigenvalue weighted by Gasteiger charge is 2.32. The Bertz CT molecular complexity index is 1160. The molecule has 10 heteroatoms. The lowest BCUT2D eigenvalue weighted by atomic mass is 9.76. The lowest BCUT2D eigenvalue weighted by Crippen LogP contribution is -2.24. The highest BCUT2D eigenvalue weighted by atomic mass is 19.3. The van der Waals surface area contributed by atoms with Crippen LogP contribution in [0.2, 0.25) is 0 Å². The number of alkyl halides is 4. The minimum Gasteiger partial charge on any atom is -0.434 e. The maximum atomic E-state index is 15.1. The summed E-state index contributed by atoms with van der Waals surface area (Å²) in [4.78, 5) is 0. The molecule has 2 aromatic carbocycles. The van der Waals surface area contributed by atoms with Crippen LogP contribution in [-0.2, 0) is 0 Å². The van der Waals surface area contributed by atoms with Crippen LogP contribution in [0.25, 0.3) is 0 Å². The molecule has 0 aromatic heterocycles. The van der Waals surface area contributed by atoms with Crippen molar-refractivity contribution in [1.82, 2.24) is 0 Å². The second kappa shape index (κ2) is 12.1. The van der Waals surface area contributed by atoms with E-state index in [1.807, 2.05) is 6.92 Å². The highest BCUT2D eigenvalue weighted by molar-refractivity contribution is 5.51. The summed E-state index contributed by atoms with van der Waals surface area (Å²) in [5, 5.41) is 0. The van der Waals surface area contributed by atoms with Gasteiger partial charge in [0.05, 0.1) is 11.1 Å². The third-order valence-corrected chi connectivity index (χ3v) is 6.42. The summed E-state index contributed by atoms with van der Waals surface area (Å²) in [6, 6.07) is 2.34. The molecule has 0 unspecified atom stereocenters. The molecule has 0 radical (unpaired) electrons. The first kappa shape index (κ1) is 28.6. The summed E-state index contributed by atoms with van der Waals surface area (Å²) in [6.45, 7) is -0.194. The molecule has 1 saturated carbocycles. The van der Waals surface area contributed by atoms with E-state index >= 15 is 4.39 Å².